The number of aromatic nitrogens is 2. The number of nitrogens with zero attached hydrogens (tertiary/aromatic N) is 2. The Morgan fingerprint density at radius 2 is 2.18 bits per heavy atom. The fourth-order valence-electron chi connectivity index (χ4n) is 2.53. The fraction of sp³-hybridized carbons (Fsp3) is 0.412. The van der Waals surface area contributed by atoms with E-state index in [1.165, 1.54) is 16.7 Å². The number of aromatic amines is 1. The zero-order valence-electron chi connectivity index (χ0n) is 13.7. The molecule has 0 spiro atoms. The molecule has 0 aliphatic heterocycles. The molecule has 0 radical (unpaired) electrons. The Morgan fingerprint density at radius 3 is 2.86 bits per heavy atom. The summed E-state index contributed by atoms with van der Waals surface area (Å²) in [5.74, 6) is 0.875. The Kier molecular flexibility index (Phi) is 5.33. The van der Waals surface area contributed by atoms with Crippen LogP contribution in [0.3, 0.4) is 0 Å². The first kappa shape index (κ1) is 16.2. The minimum Gasteiger partial charge on any atom is -0.348 e. The molecule has 2 rings (SSSR count). The van der Waals surface area contributed by atoms with Crippen molar-refractivity contribution >= 4 is 5.91 Å². The number of nitrogens with one attached hydrogen (secondary N) is 2. The predicted octanol–water partition coefficient (Wildman–Crippen LogP) is 2.34. The monoisotopic (exact) mass is 300 g/mol. The van der Waals surface area contributed by atoms with E-state index in [1.807, 2.05) is 18.9 Å². The van der Waals surface area contributed by atoms with Crippen molar-refractivity contribution in [1.82, 2.24) is 20.2 Å². The number of imidazole rings is 1. The maximum atomic E-state index is 12.2. The molecule has 0 aliphatic carbocycles. The first-order chi connectivity index (χ1) is 10.5. The third-order valence-corrected chi connectivity index (χ3v) is 3.67. The smallest absolute Gasteiger partial charge is 0.234 e. The van der Waals surface area contributed by atoms with Gasteiger partial charge in [-0.2, -0.15) is 0 Å². The summed E-state index contributed by atoms with van der Waals surface area (Å²) in [6.07, 6.45) is 3.50. The Hall–Kier alpha value is -2.14. The SMILES string of the molecule is Cc1ccc(C)c([C@H](C)NC(=O)CN(C)Cc2ncc[nH]2)c1. The van der Waals surface area contributed by atoms with Crippen molar-refractivity contribution in [3.63, 3.8) is 0 Å². The normalized spacial score (nSPS) is 12.4. The van der Waals surface area contributed by atoms with Crippen LogP contribution in [-0.2, 0) is 11.3 Å². The Balaban J connectivity index is 1.89. The van der Waals surface area contributed by atoms with E-state index in [0.717, 1.165) is 5.82 Å². The number of hydrogen-bond acceptors (Lipinski definition) is 3. The summed E-state index contributed by atoms with van der Waals surface area (Å²) in [7, 11) is 1.91. The van der Waals surface area contributed by atoms with Gasteiger partial charge in [0.2, 0.25) is 5.91 Å². The average Bonchev–Trinajstić information content (AvgIpc) is 2.93. The second kappa shape index (κ2) is 7.22. The van der Waals surface area contributed by atoms with Crippen molar-refractivity contribution in [2.45, 2.75) is 33.4 Å². The highest BCUT2D eigenvalue weighted by atomic mass is 16.2. The Labute approximate surface area is 131 Å². The van der Waals surface area contributed by atoms with Crippen LogP contribution in [-0.4, -0.2) is 34.4 Å². The van der Waals surface area contributed by atoms with Crippen LogP contribution in [0.2, 0.25) is 0 Å². The van der Waals surface area contributed by atoms with Gasteiger partial charge in [-0.15, -0.1) is 0 Å². The van der Waals surface area contributed by atoms with E-state index in [0.29, 0.717) is 13.1 Å². The molecule has 5 nitrogen and oxygen atoms in total. The lowest BCUT2D eigenvalue weighted by Crippen LogP contribution is -2.36. The fourth-order valence-corrected chi connectivity index (χ4v) is 2.53. The molecule has 5 heteroatoms. The molecule has 1 aromatic heterocycles. The van der Waals surface area contributed by atoms with Crippen LogP contribution in [0.5, 0.6) is 0 Å². The molecule has 1 amide bonds. The number of benzene rings is 1. The first-order valence-corrected chi connectivity index (χ1v) is 7.49. The molecule has 2 N–H and O–H groups in total. The topological polar surface area (TPSA) is 61.0 Å². The van der Waals surface area contributed by atoms with Gasteiger partial charge in [-0.25, -0.2) is 4.98 Å². The zero-order chi connectivity index (χ0) is 16.1. The molecule has 1 atom stereocenters. The average molecular weight is 300 g/mol. The largest absolute Gasteiger partial charge is 0.348 e. The summed E-state index contributed by atoms with van der Waals surface area (Å²) >= 11 is 0. The van der Waals surface area contributed by atoms with E-state index in [2.05, 4.69) is 47.3 Å². The van der Waals surface area contributed by atoms with Crippen molar-refractivity contribution in [3.8, 4) is 0 Å². The lowest BCUT2D eigenvalue weighted by atomic mass is 10.00. The molecule has 0 saturated heterocycles. The summed E-state index contributed by atoms with van der Waals surface area (Å²) in [4.78, 5) is 21.3. The molecule has 0 aliphatic rings. The van der Waals surface area contributed by atoms with Gasteiger partial charge in [-0.1, -0.05) is 23.8 Å². The van der Waals surface area contributed by atoms with Gasteiger partial charge in [-0.05, 0) is 38.9 Å². The maximum Gasteiger partial charge on any atom is 0.234 e. The Morgan fingerprint density at radius 1 is 1.41 bits per heavy atom. The minimum absolute atomic E-state index is 0.00409. The van der Waals surface area contributed by atoms with Crippen molar-refractivity contribution in [1.29, 1.82) is 0 Å². The molecule has 0 unspecified atom stereocenters. The van der Waals surface area contributed by atoms with E-state index in [-0.39, 0.29) is 11.9 Å². The van der Waals surface area contributed by atoms with Gasteiger partial charge >= 0.3 is 0 Å². The first-order valence-electron chi connectivity index (χ1n) is 7.49. The van der Waals surface area contributed by atoms with Crippen molar-refractivity contribution in [2.24, 2.45) is 0 Å². The van der Waals surface area contributed by atoms with Gasteiger partial charge in [0, 0.05) is 12.4 Å². The highest BCUT2D eigenvalue weighted by Crippen LogP contribution is 2.18. The number of carbonyl (C=O) groups excluding carboxylic acids is 1. The molecule has 1 heterocycles. The summed E-state index contributed by atoms with van der Waals surface area (Å²) in [5.41, 5.74) is 3.57. The van der Waals surface area contributed by atoms with E-state index in [9.17, 15) is 4.79 Å². The second-order valence-electron chi connectivity index (χ2n) is 5.86. The van der Waals surface area contributed by atoms with Gasteiger partial charge in [0.25, 0.3) is 0 Å². The summed E-state index contributed by atoms with van der Waals surface area (Å²) in [5, 5.41) is 3.06. The second-order valence-corrected chi connectivity index (χ2v) is 5.86. The van der Waals surface area contributed by atoms with E-state index >= 15 is 0 Å². The maximum absolute atomic E-state index is 12.2. The molecule has 118 valence electrons. The van der Waals surface area contributed by atoms with Crippen molar-refractivity contribution in [3.05, 3.63) is 53.1 Å². The van der Waals surface area contributed by atoms with Crippen LogP contribution in [0.4, 0.5) is 0 Å². The summed E-state index contributed by atoms with van der Waals surface area (Å²) < 4.78 is 0. The van der Waals surface area contributed by atoms with Gasteiger partial charge in [0.15, 0.2) is 0 Å². The van der Waals surface area contributed by atoms with Crippen LogP contribution >= 0.6 is 0 Å². The Bertz CT molecular complexity index is 622. The molecule has 2 aromatic rings. The van der Waals surface area contributed by atoms with Crippen LogP contribution in [0.1, 0.15) is 35.5 Å². The summed E-state index contributed by atoms with van der Waals surface area (Å²) in [6.45, 7) is 7.12. The number of carbonyl (C=O) groups is 1. The van der Waals surface area contributed by atoms with Gasteiger partial charge < -0.3 is 10.3 Å². The molecule has 1 aromatic carbocycles. The third-order valence-electron chi connectivity index (χ3n) is 3.67. The standard InChI is InChI=1S/C17H24N4O/c1-12-5-6-13(2)15(9-12)14(3)20-17(22)11-21(4)10-16-18-7-8-19-16/h5-9,14H,10-11H2,1-4H3,(H,18,19)(H,20,22)/t14-/m0/s1. The molecule has 0 fully saturated rings. The number of aryl methyl sites for hydroxylation is 2. The number of H-pyrrole nitrogens is 1. The number of hydrogen-bond donors (Lipinski definition) is 2. The molecular weight excluding hydrogens is 276 g/mol. The minimum atomic E-state index is 0.00409. The van der Waals surface area contributed by atoms with E-state index < -0.39 is 0 Å². The zero-order valence-corrected chi connectivity index (χ0v) is 13.7. The third kappa shape index (κ3) is 4.43. The number of rotatable bonds is 6. The lowest BCUT2D eigenvalue weighted by Gasteiger charge is -2.20. The van der Waals surface area contributed by atoms with Crippen LogP contribution < -0.4 is 5.32 Å². The van der Waals surface area contributed by atoms with Crippen LogP contribution in [0, 0.1) is 13.8 Å². The van der Waals surface area contributed by atoms with Gasteiger partial charge in [0.1, 0.15) is 5.82 Å². The molecular formula is C17H24N4O. The van der Waals surface area contributed by atoms with Crippen molar-refractivity contribution in [2.75, 3.05) is 13.6 Å². The molecule has 0 bridgehead atoms. The number of amides is 1. The van der Waals surface area contributed by atoms with Gasteiger partial charge in [0.05, 0.1) is 19.1 Å². The van der Waals surface area contributed by atoms with Crippen molar-refractivity contribution < 1.29 is 4.79 Å². The van der Waals surface area contributed by atoms with Crippen LogP contribution in [0.15, 0.2) is 30.6 Å². The van der Waals surface area contributed by atoms with Crippen LogP contribution in [0.25, 0.3) is 0 Å². The highest BCUT2D eigenvalue weighted by molar-refractivity contribution is 5.78. The predicted molar refractivity (Wildman–Crippen MR) is 87.4 cm³/mol. The summed E-state index contributed by atoms with van der Waals surface area (Å²) in [6, 6.07) is 6.32. The molecule has 22 heavy (non-hydrogen) atoms. The quantitative estimate of drug-likeness (QED) is 0.861. The van der Waals surface area contributed by atoms with E-state index in [1.54, 1.807) is 12.4 Å². The lowest BCUT2D eigenvalue weighted by molar-refractivity contribution is -0.122. The number of likely N-dealkylation sites (N-methyl/N-ethyl adjacent to an activating group) is 1. The van der Waals surface area contributed by atoms with E-state index in [4.69, 9.17) is 0 Å². The van der Waals surface area contributed by atoms with Gasteiger partial charge in [-0.3, -0.25) is 9.69 Å². The highest BCUT2D eigenvalue weighted by Gasteiger charge is 2.14. The molecule has 0 saturated carbocycles.